The second kappa shape index (κ2) is 18.4. The first-order chi connectivity index (χ1) is 25.5. The van der Waals surface area contributed by atoms with Crippen molar-refractivity contribution in [3.63, 3.8) is 0 Å². The number of aromatic nitrogens is 2. The van der Waals surface area contributed by atoms with E-state index in [4.69, 9.17) is 14.0 Å². The van der Waals surface area contributed by atoms with Gasteiger partial charge in [0.05, 0.1) is 6.61 Å². The van der Waals surface area contributed by atoms with Gasteiger partial charge in [0, 0.05) is 61.5 Å². The topological polar surface area (TPSA) is 228 Å². The van der Waals surface area contributed by atoms with Crippen LogP contribution in [0.1, 0.15) is 72.3 Å². The molecule has 2 aliphatic rings. The van der Waals surface area contributed by atoms with Gasteiger partial charge in [0.25, 0.3) is 5.56 Å². The summed E-state index contributed by atoms with van der Waals surface area (Å²) in [5.41, 5.74) is 2.21. The summed E-state index contributed by atoms with van der Waals surface area (Å²) in [5.74, 6) is 6.23. The summed E-state index contributed by atoms with van der Waals surface area (Å²) in [5, 5.41) is 26.4. The van der Waals surface area contributed by atoms with Crippen LogP contribution in [-0.2, 0) is 40.7 Å². The lowest BCUT2D eigenvalue weighted by atomic mass is 9.92. The summed E-state index contributed by atoms with van der Waals surface area (Å²) in [6.45, 7) is 0.0266. The van der Waals surface area contributed by atoms with Crippen LogP contribution in [0.2, 0.25) is 0 Å². The number of carbonyl (C=O) groups is 2. The molecule has 0 radical (unpaired) electrons. The van der Waals surface area contributed by atoms with Gasteiger partial charge >= 0.3 is 19.6 Å². The van der Waals surface area contributed by atoms with E-state index < -0.39 is 62.4 Å². The van der Waals surface area contributed by atoms with Gasteiger partial charge in [-0.1, -0.05) is 54.7 Å². The van der Waals surface area contributed by atoms with Gasteiger partial charge in [0.2, 0.25) is 5.91 Å². The van der Waals surface area contributed by atoms with E-state index in [-0.39, 0.29) is 30.9 Å². The largest absolute Gasteiger partial charge is 0.472 e. The number of benzene rings is 2. The minimum Gasteiger partial charge on any atom is -0.441 e. The Morgan fingerprint density at radius 1 is 0.981 bits per heavy atom. The Morgan fingerprint density at radius 3 is 2.49 bits per heavy atom. The third-order valence-corrected chi connectivity index (χ3v) is 9.83. The molecule has 2 aromatic carbocycles. The average Bonchev–Trinajstić information content (AvgIpc) is 3.42. The minimum atomic E-state index is -4.39. The van der Waals surface area contributed by atoms with E-state index in [9.17, 15) is 38.8 Å². The number of H-pyrrole nitrogens is 1. The maximum atomic E-state index is 12.7. The van der Waals surface area contributed by atoms with Crippen molar-refractivity contribution in [2.24, 2.45) is 0 Å². The Hall–Kier alpha value is -4.59. The third kappa shape index (κ3) is 10.7. The highest BCUT2D eigenvalue weighted by molar-refractivity contribution is 7.47. The van der Waals surface area contributed by atoms with Crippen LogP contribution in [0.4, 0.5) is 4.79 Å². The molecule has 3 unspecified atom stereocenters. The zero-order valence-electron chi connectivity index (χ0n) is 29.1. The van der Waals surface area contributed by atoms with Crippen molar-refractivity contribution in [1.82, 2.24) is 20.2 Å². The number of carbonyl (C=O) groups excluding carboxylic acids is 2. The highest BCUT2D eigenvalue weighted by Crippen LogP contribution is 2.43. The highest BCUT2D eigenvalue weighted by atomic mass is 31.2. The fraction of sp³-hybridized carbons (Fsp3) is 0.444. The Kier molecular flexibility index (Phi) is 13.8. The van der Waals surface area contributed by atoms with Crippen molar-refractivity contribution in [3.8, 4) is 11.8 Å². The van der Waals surface area contributed by atoms with Gasteiger partial charge in [0.1, 0.15) is 24.4 Å². The van der Waals surface area contributed by atoms with Gasteiger partial charge in [-0.15, -0.1) is 0 Å². The van der Waals surface area contributed by atoms with Crippen molar-refractivity contribution >= 4 is 19.8 Å². The Bertz CT molecular complexity index is 1990. The second-order valence-corrected chi connectivity index (χ2v) is 14.2. The van der Waals surface area contributed by atoms with Crippen LogP contribution in [0.25, 0.3) is 0 Å². The van der Waals surface area contributed by atoms with Gasteiger partial charge < -0.3 is 35.2 Å². The van der Waals surface area contributed by atoms with E-state index in [1.54, 1.807) is 0 Å². The molecule has 1 aromatic heterocycles. The predicted octanol–water partition coefficient (Wildman–Crippen LogP) is 1.95. The van der Waals surface area contributed by atoms with E-state index in [0.29, 0.717) is 38.6 Å². The van der Waals surface area contributed by atoms with E-state index in [2.05, 4.69) is 32.0 Å². The number of rotatable bonds is 16. The van der Waals surface area contributed by atoms with Crippen LogP contribution in [0, 0.1) is 11.8 Å². The lowest BCUT2D eigenvalue weighted by Gasteiger charge is -2.22. The van der Waals surface area contributed by atoms with Crippen molar-refractivity contribution < 1.29 is 47.8 Å². The molecule has 6 N–H and O–H groups in total. The molecule has 1 saturated heterocycles. The van der Waals surface area contributed by atoms with Crippen LogP contribution >= 0.6 is 7.82 Å². The highest BCUT2D eigenvalue weighted by Gasteiger charge is 2.45. The summed E-state index contributed by atoms with van der Waals surface area (Å²) < 4.78 is 32.9. The number of hydrogen-bond donors (Lipinski definition) is 6. The molecule has 1 aliphatic carbocycles. The van der Waals surface area contributed by atoms with Crippen molar-refractivity contribution in [1.29, 1.82) is 0 Å². The van der Waals surface area contributed by atoms with E-state index >= 15 is 0 Å². The normalized spacial score (nSPS) is 21.5. The fourth-order valence-electron chi connectivity index (χ4n) is 6.02. The maximum absolute atomic E-state index is 12.7. The molecule has 284 valence electrons. The third-order valence-electron chi connectivity index (χ3n) is 8.89. The van der Waals surface area contributed by atoms with E-state index in [0.717, 1.165) is 33.9 Å². The van der Waals surface area contributed by atoms with Crippen molar-refractivity contribution in [2.75, 3.05) is 26.8 Å². The number of nitrogens with one attached hydrogen (secondary N) is 3. The first-order valence-corrected chi connectivity index (χ1v) is 18.7. The van der Waals surface area contributed by atoms with Gasteiger partial charge in [-0.2, -0.15) is 0 Å². The minimum absolute atomic E-state index is 0.170. The van der Waals surface area contributed by atoms with Crippen LogP contribution in [-0.4, -0.2) is 81.8 Å². The number of nitrogens with zero attached hydrogens (tertiary/aromatic N) is 1. The van der Waals surface area contributed by atoms with Crippen LogP contribution in [0.3, 0.4) is 0 Å². The molecule has 0 saturated carbocycles. The molecular formula is C36H43N4O12P. The first-order valence-electron chi connectivity index (χ1n) is 17.2. The van der Waals surface area contributed by atoms with Crippen molar-refractivity contribution in [3.05, 3.63) is 103 Å². The fourth-order valence-corrected chi connectivity index (χ4v) is 6.46. The smallest absolute Gasteiger partial charge is 0.441 e. The molecular weight excluding hydrogens is 711 g/mol. The number of alkyl carbamates (subject to hydrolysis) is 1. The van der Waals surface area contributed by atoms with E-state index in [1.807, 2.05) is 48.5 Å². The molecule has 5 rings (SSSR count). The number of aromatic amines is 1. The summed E-state index contributed by atoms with van der Waals surface area (Å²) in [6.07, 6.45) is -2.45. The van der Waals surface area contributed by atoms with Gasteiger partial charge in [-0.25, -0.2) is 14.2 Å². The lowest BCUT2D eigenvalue weighted by molar-refractivity contribution is -0.121. The standard InChI is InChI=1S/C36H43N4O12P/c1-49-53(47,48)50-22-29-31(42)32(43)34(51-29)40-21-26(33(44)39-35(40)45)13-9-19-37-30(41)15-3-2-8-18-38-36(46)52-28-20-25-12-5-4-10-23(25)16-17-24-11-6-7-14-27(24)28/h4-7,10-12,14,21,28-29,31-32,34,42-43H,2-3,8-9,13,15,18-20,22H2,1H3,(H,37,41)(H,38,46)(H,47,48)(H,39,44,45)/t28?,29-,31+,32?,34-/m1/s1. The number of ether oxygens (including phenoxy) is 2. The summed E-state index contributed by atoms with van der Waals surface area (Å²) in [6, 6.07) is 15.4. The number of amides is 2. The molecule has 0 bridgehead atoms. The number of hydrogen-bond acceptors (Lipinski definition) is 11. The number of aliphatic hydroxyl groups is 2. The van der Waals surface area contributed by atoms with Crippen molar-refractivity contribution in [2.45, 2.75) is 75.6 Å². The number of phosphoric acid groups is 1. The number of aliphatic hydroxyl groups excluding tert-OH is 2. The number of phosphoric ester groups is 1. The molecule has 16 nitrogen and oxygen atoms in total. The predicted molar refractivity (Wildman–Crippen MR) is 190 cm³/mol. The molecule has 2 amide bonds. The molecule has 53 heavy (non-hydrogen) atoms. The summed E-state index contributed by atoms with van der Waals surface area (Å²) in [7, 11) is -3.43. The number of fused-ring (bicyclic) bond motifs is 2. The monoisotopic (exact) mass is 754 g/mol. The summed E-state index contributed by atoms with van der Waals surface area (Å²) >= 11 is 0. The van der Waals surface area contributed by atoms with Crippen LogP contribution in [0.15, 0.2) is 64.3 Å². The molecule has 3 aromatic rings. The Morgan fingerprint density at radius 2 is 1.70 bits per heavy atom. The van der Waals surface area contributed by atoms with E-state index in [1.165, 1.54) is 6.20 Å². The van der Waals surface area contributed by atoms with Crippen LogP contribution < -0.4 is 21.9 Å². The second-order valence-electron chi connectivity index (χ2n) is 12.6. The SMILES string of the molecule is COP(=O)(O)OC[C@H]1O[C@@H](n2cc(CCCNC(=O)CCCCCNC(=O)OC3Cc4ccccc4C#Cc4ccccc43)c(=O)[nH]c2=O)C(O)[C@H]1O. The van der Waals surface area contributed by atoms with Crippen LogP contribution in [0.5, 0.6) is 0 Å². The number of unbranched alkanes of at least 4 members (excludes halogenated alkanes) is 2. The summed E-state index contributed by atoms with van der Waals surface area (Å²) in [4.78, 5) is 61.6. The Balaban J connectivity index is 0.996. The van der Waals surface area contributed by atoms with Gasteiger partial charge in [-0.3, -0.25) is 28.2 Å². The molecule has 0 spiro atoms. The lowest BCUT2D eigenvalue weighted by Crippen LogP contribution is -2.39. The first kappa shape index (κ1) is 39.6. The molecule has 6 atom stereocenters. The Labute approximate surface area is 305 Å². The number of aryl methyl sites for hydroxylation is 1. The van der Waals surface area contributed by atoms with Gasteiger partial charge in [-0.05, 0) is 43.4 Å². The zero-order chi connectivity index (χ0) is 38.0. The quantitative estimate of drug-likeness (QED) is 0.0701. The maximum Gasteiger partial charge on any atom is 0.472 e. The molecule has 1 aliphatic heterocycles. The van der Waals surface area contributed by atoms with Gasteiger partial charge in [0.15, 0.2) is 6.23 Å². The molecule has 1 fully saturated rings. The zero-order valence-corrected chi connectivity index (χ0v) is 30.0. The molecule has 17 heteroatoms. The average molecular weight is 755 g/mol. The molecule has 2 heterocycles.